The monoisotopic (exact) mass is 204 g/mol. The Morgan fingerprint density at radius 1 is 1.27 bits per heavy atom. The van der Waals surface area contributed by atoms with Gasteiger partial charge in [-0.3, -0.25) is 4.79 Å². The van der Waals surface area contributed by atoms with Crippen LogP contribution in [0.4, 0.5) is 11.4 Å². The molecule has 0 aliphatic carbocycles. The van der Waals surface area contributed by atoms with Crippen LogP contribution in [-0.4, -0.2) is 6.29 Å². The molecule has 0 unspecified atom stereocenters. The molecule has 0 atom stereocenters. The van der Waals surface area contributed by atoms with Gasteiger partial charge in [0.1, 0.15) is 0 Å². The number of nitrogen functional groups attached to an aromatic ring is 1. The van der Waals surface area contributed by atoms with Crippen molar-refractivity contribution in [2.75, 3.05) is 5.73 Å². The molecule has 1 aromatic carbocycles. The van der Waals surface area contributed by atoms with Crippen LogP contribution in [0.2, 0.25) is 0 Å². The summed E-state index contributed by atoms with van der Waals surface area (Å²) in [5, 5.41) is 3.56. The summed E-state index contributed by atoms with van der Waals surface area (Å²) in [7, 11) is 0. The molecule has 15 heavy (non-hydrogen) atoms. The van der Waals surface area contributed by atoms with Gasteiger partial charge in [-0.25, -0.2) is 0 Å². The van der Waals surface area contributed by atoms with Gasteiger partial charge >= 0.3 is 0 Å². The maximum Gasteiger partial charge on any atom is 0.150 e. The van der Waals surface area contributed by atoms with Crippen molar-refractivity contribution in [1.29, 1.82) is 0 Å². The Kier molecular flexibility index (Phi) is 2.97. The Morgan fingerprint density at radius 2 is 1.87 bits per heavy atom. The van der Waals surface area contributed by atoms with E-state index in [1.165, 1.54) is 0 Å². The van der Waals surface area contributed by atoms with E-state index in [0.29, 0.717) is 28.1 Å². The van der Waals surface area contributed by atoms with Crippen molar-refractivity contribution in [3.8, 4) is 0 Å². The summed E-state index contributed by atoms with van der Waals surface area (Å²) >= 11 is 0. The molecule has 0 fully saturated rings. The predicted molar refractivity (Wildman–Crippen MR) is 59.3 cm³/mol. The summed E-state index contributed by atoms with van der Waals surface area (Å²) in [4.78, 5) is 13.6. The lowest BCUT2D eigenvalue weighted by atomic mass is 9.96. The van der Waals surface area contributed by atoms with Crippen LogP contribution in [-0.2, 0) is 0 Å². The number of anilines is 1. The topological polar surface area (TPSA) is 91.8 Å². The highest BCUT2D eigenvalue weighted by atomic mass is 16.1. The average molecular weight is 204 g/mol. The number of azide groups is 1. The molecule has 78 valence electrons. The van der Waals surface area contributed by atoms with Crippen LogP contribution in [0.1, 0.15) is 27.0 Å². The number of hydrogen-bond acceptors (Lipinski definition) is 3. The zero-order valence-electron chi connectivity index (χ0n) is 8.90. The van der Waals surface area contributed by atoms with E-state index in [9.17, 15) is 4.79 Å². The van der Waals surface area contributed by atoms with E-state index >= 15 is 0 Å². The van der Waals surface area contributed by atoms with E-state index in [0.717, 1.165) is 11.8 Å². The fraction of sp³-hybridized carbons (Fsp3) is 0.300. The first-order valence-corrected chi connectivity index (χ1v) is 4.44. The van der Waals surface area contributed by atoms with Gasteiger partial charge in [-0.05, 0) is 43.0 Å². The minimum Gasteiger partial charge on any atom is -0.398 e. The number of nitrogens with zero attached hydrogens (tertiary/aromatic N) is 3. The highest BCUT2D eigenvalue weighted by Crippen LogP contribution is 2.34. The minimum absolute atomic E-state index is 0.447. The molecule has 5 nitrogen and oxygen atoms in total. The molecular formula is C10H12N4O. The van der Waals surface area contributed by atoms with Crippen LogP contribution in [0.3, 0.4) is 0 Å². The Labute approximate surface area is 87.5 Å². The molecule has 0 amide bonds. The molecule has 2 N–H and O–H groups in total. The SMILES string of the molecule is Cc1c(N)c(C)c(N=[N+]=[N-])c(C)c1C=O. The number of benzene rings is 1. The van der Waals surface area contributed by atoms with E-state index in [2.05, 4.69) is 10.0 Å². The predicted octanol–water partition coefficient (Wildman–Crippen LogP) is 2.95. The van der Waals surface area contributed by atoms with E-state index in [1.54, 1.807) is 20.8 Å². The number of hydrogen-bond donors (Lipinski definition) is 1. The molecule has 0 heterocycles. The van der Waals surface area contributed by atoms with Crippen molar-refractivity contribution in [3.05, 3.63) is 32.7 Å². The second kappa shape index (κ2) is 4.02. The molecule has 1 rings (SSSR count). The summed E-state index contributed by atoms with van der Waals surface area (Å²) in [6, 6.07) is 0. The van der Waals surface area contributed by atoms with Crippen LogP contribution < -0.4 is 5.73 Å². The smallest absolute Gasteiger partial charge is 0.150 e. The Balaban J connectivity index is 3.75. The third-order valence-corrected chi connectivity index (χ3v) is 2.59. The fourth-order valence-corrected chi connectivity index (χ4v) is 1.62. The van der Waals surface area contributed by atoms with Crippen molar-refractivity contribution in [2.45, 2.75) is 20.8 Å². The van der Waals surface area contributed by atoms with E-state index in [-0.39, 0.29) is 0 Å². The molecule has 0 aromatic heterocycles. The van der Waals surface area contributed by atoms with Crippen LogP contribution >= 0.6 is 0 Å². The molecule has 0 saturated carbocycles. The van der Waals surface area contributed by atoms with Crippen LogP contribution in [0.5, 0.6) is 0 Å². The molecule has 1 aromatic rings. The van der Waals surface area contributed by atoms with Gasteiger partial charge in [0.05, 0.1) is 0 Å². The van der Waals surface area contributed by atoms with E-state index < -0.39 is 0 Å². The maximum absolute atomic E-state index is 10.9. The standard InChI is InChI=1S/C10H12N4O/c1-5-8(4-15)6(2)10(13-14-12)7(3)9(5)11/h4H,11H2,1-3H3. The van der Waals surface area contributed by atoms with Gasteiger partial charge in [0.2, 0.25) is 0 Å². The first kappa shape index (κ1) is 11.1. The lowest BCUT2D eigenvalue weighted by Crippen LogP contribution is -2.01. The molecule has 0 bridgehead atoms. The lowest BCUT2D eigenvalue weighted by molar-refractivity contribution is 0.112. The van der Waals surface area contributed by atoms with Crippen molar-refractivity contribution in [2.24, 2.45) is 5.11 Å². The average Bonchev–Trinajstić information content (AvgIpc) is 2.22. The van der Waals surface area contributed by atoms with E-state index in [1.807, 2.05) is 0 Å². The van der Waals surface area contributed by atoms with Crippen molar-refractivity contribution < 1.29 is 4.79 Å². The largest absolute Gasteiger partial charge is 0.398 e. The second-order valence-electron chi connectivity index (χ2n) is 3.36. The molecule has 0 radical (unpaired) electrons. The first-order chi connectivity index (χ1) is 7.04. The third-order valence-electron chi connectivity index (χ3n) is 2.59. The Hall–Kier alpha value is -2.00. The summed E-state index contributed by atoms with van der Waals surface area (Å²) in [6.07, 6.45) is 0.733. The number of rotatable bonds is 2. The van der Waals surface area contributed by atoms with Crippen molar-refractivity contribution >= 4 is 17.7 Å². The molecule has 5 heteroatoms. The summed E-state index contributed by atoms with van der Waals surface area (Å²) in [5.74, 6) is 0. The van der Waals surface area contributed by atoms with Gasteiger partial charge in [0.15, 0.2) is 6.29 Å². The normalized spacial score (nSPS) is 9.53. The Morgan fingerprint density at radius 3 is 2.33 bits per heavy atom. The fourth-order valence-electron chi connectivity index (χ4n) is 1.62. The first-order valence-electron chi connectivity index (χ1n) is 4.44. The zero-order chi connectivity index (χ0) is 11.6. The van der Waals surface area contributed by atoms with Crippen molar-refractivity contribution in [3.63, 3.8) is 0 Å². The van der Waals surface area contributed by atoms with Gasteiger partial charge in [0.25, 0.3) is 0 Å². The number of nitrogens with two attached hydrogens (primary N) is 1. The zero-order valence-corrected chi connectivity index (χ0v) is 8.90. The maximum atomic E-state index is 10.9. The summed E-state index contributed by atoms with van der Waals surface area (Å²) in [6.45, 7) is 5.29. The van der Waals surface area contributed by atoms with Gasteiger partial charge in [-0.1, -0.05) is 5.11 Å². The van der Waals surface area contributed by atoms with E-state index in [4.69, 9.17) is 11.3 Å². The van der Waals surface area contributed by atoms with Gasteiger partial charge < -0.3 is 5.73 Å². The van der Waals surface area contributed by atoms with Gasteiger partial charge in [-0.15, -0.1) is 0 Å². The summed E-state index contributed by atoms with van der Waals surface area (Å²) < 4.78 is 0. The minimum atomic E-state index is 0.447. The van der Waals surface area contributed by atoms with Crippen molar-refractivity contribution in [1.82, 2.24) is 0 Å². The molecule has 0 aliphatic heterocycles. The van der Waals surface area contributed by atoms with Gasteiger partial charge in [-0.2, -0.15) is 0 Å². The van der Waals surface area contributed by atoms with Crippen LogP contribution in [0, 0.1) is 20.8 Å². The highest BCUT2D eigenvalue weighted by Gasteiger charge is 2.13. The van der Waals surface area contributed by atoms with Crippen LogP contribution in [0.25, 0.3) is 10.4 Å². The third kappa shape index (κ3) is 1.65. The number of carbonyl (C=O) groups excluding carboxylic acids is 1. The summed E-state index contributed by atoms with van der Waals surface area (Å²) in [5.41, 5.74) is 17.8. The Bertz CT molecular complexity index is 473. The van der Waals surface area contributed by atoms with Crippen LogP contribution in [0.15, 0.2) is 5.11 Å². The highest BCUT2D eigenvalue weighted by molar-refractivity contribution is 5.87. The lowest BCUT2D eigenvalue weighted by Gasteiger charge is -2.13. The number of aldehydes is 1. The molecular weight excluding hydrogens is 192 g/mol. The quantitative estimate of drug-likeness (QED) is 0.263. The molecule has 0 spiro atoms. The molecule has 0 aliphatic rings. The second-order valence-corrected chi connectivity index (χ2v) is 3.36. The van der Waals surface area contributed by atoms with Gasteiger partial charge in [0, 0.05) is 21.8 Å². The number of carbonyl (C=O) groups is 1. The molecule has 0 saturated heterocycles.